The molecule has 2 N–H and O–H groups in total. The molecule has 32 heavy (non-hydrogen) atoms. The summed E-state index contributed by atoms with van der Waals surface area (Å²) in [5.74, 6) is -2.76. The summed E-state index contributed by atoms with van der Waals surface area (Å²) in [4.78, 5) is 11.5. The standard InChI is InChI=1S/C19H21N3O2S.C2HF3O2/c1-15-14-17-18(21-12-10-20-11-13-21)8-5-9-19(17)22(15)25(23,24)16-6-3-2-4-7-16;3-2(4,5)1(6)7/h2-9,14,20H,10-13H2,1H3;(H,6,7). The van der Waals surface area contributed by atoms with E-state index in [9.17, 15) is 21.6 Å². The fraction of sp³-hybridized carbons (Fsp3) is 0.286. The summed E-state index contributed by atoms with van der Waals surface area (Å²) in [5, 5.41) is 11.5. The smallest absolute Gasteiger partial charge is 0.475 e. The first kappa shape index (κ1) is 23.6. The Kier molecular flexibility index (Phi) is 6.79. The average molecular weight is 469 g/mol. The maximum Gasteiger partial charge on any atom is 0.490 e. The van der Waals surface area contributed by atoms with Gasteiger partial charge in [-0.2, -0.15) is 13.2 Å². The Bertz CT molecular complexity index is 1200. The van der Waals surface area contributed by atoms with Crippen LogP contribution in [0.4, 0.5) is 18.9 Å². The van der Waals surface area contributed by atoms with Crippen molar-refractivity contribution in [3.8, 4) is 0 Å². The molecule has 7 nitrogen and oxygen atoms in total. The Hall–Kier alpha value is -3.05. The van der Waals surface area contributed by atoms with E-state index in [0.717, 1.165) is 48.5 Å². The molecular weight excluding hydrogens is 447 g/mol. The van der Waals surface area contributed by atoms with Crippen molar-refractivity contribution >= 4 is 32.6 Å². The number of hydrogen-bond donors (Lipinski definition) is 2. The van der Waals surface area contributed by atoms with Crippen molar-refractivity contribution in [3.05, 3.63) is 60.3 Å². The number of nitrogens with zero attached hydrogens (tertiary/aromatic N) is 2. The van der Waals surface area contributed by atoms with Crippen molar-refractivity contribution in [2.75, 3.05) is 31.1 Å². The summed E-state index contributed by atoms with van der Waals surface area (Å²) in [6.07, 6.45) is -5.08. The molecule has 0 aliphatic carbocycles. The normalized spacial score (nSPS) is 14.7. The second kappa shape index (κ2) is 9.21. The lowest BCUT2D eigenvalue weighted by Gasteiger charge is -2.30. The van der Waals surface area contributed by atoms with Crippen LogP contribution < -0.4 is 10.2 Å². The minimum atomic E-state index is -5.08. The maximum absolute atomic E-state index is 13.2. The summed E-state index contributed by atoms with van der Waals surface area (Å²) >= 11 is 0. The van der Waals surface area contributed by atoms with Crippen LogP contribution in [0.5, 0.6) is 0 Å². The summed E-state index contributed by atoms with van der Waals surface area (Å²) in [5.41, 5.74) is 2.56. The van der Waals surface area contributed by atoms with Crippen molar-refractivity contribution < 1.29 is 31.5 Å². The highest BCUT2D eigenvalue weighted by Crippen LogP contribution is 2.32. The maximum atomic E-state index is 13.2. The van der Waals surface area contributed by atoms with Gasteiger partial charge in [-0.3, -0.25) is 0 Å². The zero-order valence-corrected chi connectivity index (χ0v) is 17.9. The quantitative estimate of drug-likeness (QED) is 0.612. The van der Waals surface area contributed by atoms with E-state index < -0.39 is 22.2 Å². The lowest BCUT2D eigenvalue weighted by molar-refractivity contribution is -0.192. The third-order valence-electron chi connectivity index (χ3n) is 4.93. The number of hydrogen-bond acceptors (Lipinski definition) is 5. The van der Waals surface area contributed by atoms with Crippen molar-refractivity contribution in [2.45, 2.75) is 18.0 Å². The highest BCUT2D eigenvalue weighted by molar-refractivity contribution is 7.90. The fourth-order valence-electron chi connectivity index (χ4n) is 3.52. The molecule has 0 atom stereocenters. The Morgan fingerprint density at radius 3 is 2.19 bits per heavy atom. The monoisotopic (exact) mass is 469 g/mol. The first-order valence-corrected chi connectivity index (χ1v) is 11.1. The number of benzene rings is 2. The molecular formula is C21H22F3N3O4S. The number of nitrogens with one attached hydrogen (secondary N) is 1. The van der Waals surface area contributed by atoms with E-state index in [1.54, 1.807) is 24.3 Å². The highest BCUT2D eigenvalue weighted by Gasteiger charge is 2.38. The Balaban J connectivity index is 0.000000360. The third-order valence-corrected chi connectivity index (χ3v) is 6.77. The molecule has 0 spiro atoms. The second-order valence-corrected chi connectivity index (χ2v) is 8.90. The van der Waals surface area contributed by atoms with Crippen molar-refractivity contribution in [2.24, 2.45) is 0 Å². The molecule has 1 aliphatic rings. The minimum Gasteiger partial charge on any atom is -0.475 e. The molecule has 0 saturated carbocycles. The van der Waals surface area contributed by atoms with E-state index in [0.29, 0.717) is 4.90 Å². The fourth-order valence-corrected chi connectivity index (χ4v) is 5.08. The van der Waals surface area contributed by atoms with E-state index in [2.05, 4.69) is 16.3 Å². The van der Waals surface area contributed by atoms with E-state index in [4.69, 9.17) is 9.90 Å². The van der Waals surface area contributed by atoms with Gasteiger partial charge in [-0.1, -0.05) is 24.3 Å². The Morgan fingerprint density at radius 2 is 1.62 bits per heavy atom. The molecule has 4 rings (SSSR count). The topological polar surface area (TPSA) is 91.6 Å². The predicted octanol–water partition coefficient (Wildman–Crippen LogP) is 3.23. The molecule has 2 aromatic carbocycles. The molecule has 1 saturated heterocycles. The van der Waals surface area contributed by atoms with Gasteiger partial charge in [0.2, 0.25) is 0 Å². The summed E-state index contributed by atoms with van der Waals surface area (Å²) in [7, 11) is -3.61. The van der Waals surface area contributed by atoms with Crippen molar-refractivity contribution in [1.29, 1.82) is 0 Å². The lowest BCUT2D eigenvalue weighted by atomic mass is 10.2. The van der Waals surface area contributed by atoms with Gasteiger partial charge in [0.05, 0.1) is 10.4 Å². The van der Waals surface area contributed by atoms with Crippen LogP contribution in [0, 0.1) is 6.92 Å². The molecule has 11 heteroatoms. The van der Waals surface area contributed by atoms with E-state index in [1.807, 2.05) is 31.2 Å². The lowest BCUT2D eigenvalue weighted by Crippen LogP contribution is -2.43. The number of carboxylic acids is 1. The summed E-state index contributed by atoms with van der Waals surface area (Å²) in [6.45, 7) is 5.59. The predicted molar refractivity (Wildman–Crippen MR) is 114 cm³/mol. The van der Waals surface area contributed by atoms with Gasteiger partial charge < -0.3 is 15.3 Å². The minimum absolute atomic E-state index is 0.308. The number of halogens is 3. The van der Waals surface area contributed by atoms with Gasteiger partial charge in [-0.15, -0.1) is 0 Å². The van der Waals surface area contributed by atoms with Gasteiger partial charge in [0.15, 0.2) is 0 Å². The summed E-state index contributed by atoms with van der Waals surface area (Å²) in [6, 6.07) is 16.5. The van der Waals surface area contributed by atoms with E-state index in [-0.39, 0.29) is 0 Å². The molecule has 0 amide bonds. The third kappa shape index (κ3) is 4.89. The molecule has 3 aromatic rings. The number of aryl methyl sites for hydroxylation is 1. The van der Waals surface area contributed by atoms with Crippen LogP contribution >= 0.6 is 0 Å². The number of anilines is 1. The van der Waals surface area contributed by atoms with Gasteiger partial charge >= 0.3 is 12.1 Å². The van der Waals surface area contributed by atoms with Crippen LogP contribution in [0.2, 0.25) is 0 Å². The van der Waals surface area contributed by atoms with Crippen LogP contribution in [0.1, 0.15) is 5.69 Å². The molecule has 172 valence electrons. The van der Waals surface area contributed by atoms with Crippen LogP contribution in [0.15, 0.2) is 59.5 Å². The van der Waals surface area contributed by atoms with Crippen molar-refractivity contribution in [3.63, 3.8) is 0 Å². The largest absolute Gasteiger partial charge is 0.490 e. The Labute approximate surface area is 183 Å². The van der Waals surface area contributed by atoms with Crippen LogP contribution in [0.25, 0.3) is 10.9 Å². The van der Waals surface area contributed by atoms with Crippen molar-refractivity contribution in [1.82, 2.24) is 9.29 Å². The SMILES string of the molecule is Cc1cc2c(N3CCNCC3)cccc2n1S(=O)(=O)c1ccccc1.O=C(O)C(F)(F)F. The van der Waals surface area contributed by atoms with Gasteiger partial charge in [-0.05, 0) is 37.3 Å². The van der Waals surface area contributed by atoms with Gasteiger partial charge in [0.1, 0.15) is 0 Å². The van der Waals surface area contributed by atoms with Crippen LogP contribution in [0.3, 0.4) is 0 Å². The second-order valence-electron chi connectivity index (χ2n) is 7.12. The number of aromatic nitrogens is 1. The zero-order valence-electron chi connectivity index (χ0n) is 17.1. The number of carboxylic acid groups (broad SMARTS) is 1. The first-order valence-electron chi connectivity index (χ1n) is 9.71. The first-order chi connectivity index (χ1) is 15.0. The Morgan fingerprint density at radius 1 is 1.03 bits per heavy atom. The molecule has 0 unspecified atom stereocenters. The number of fused-ring (bicyclic) bond motifs is 1. The number of rotatable bonds is 3. The number of aliphatic carboxylic acids is 1. The molecule has 0 radical (unpaired) electrons. The van der Waals surface area contributed by atoms with Gasteiger partial charge in [-0.25, -0.2) is 17.2 Å². The van der Waals surface area contributed by atoms with Gasteiger partial charge in [0, 0.05) is 42.9 Å². The highest BCUT2D eigenvalue weighted by atomic mass is 32.2. The van der Waals surface area contributed by atoms with Gasteiger partial charge in [0.25, 0.3) is 10.0 Å². The molecule has 1 aromatic heterocycles. The number of carbonyl (C=O) groups is 1. The van der Waals surface area contributed by atoms with Crippen LogP contribution in [-0.4, -0.2) is 55.8 Å². The summed E-state index contributed by atoms with van der Waals surface area (Å²) < 4.78 is 59.5. The number of alkyl halides is 3. The molecule has 1 fully saturated rings. The van der Waals surface area contributed by atoms with Crippen LogP contribution in [-0.2, 0) is 14.8 Å². The van der Waals surface area contributed by atoms with E-state index in [1.165, 1.54) is 3.97 Å². The number of piperazine rings is 1. The molecule has 2 heterocycles. The van der Waals surface area contributed by atoms with E-state index >= 15 is 0 Å². The molecule has 0 bridgehead atoms. The zero-order chi connectivity index (χ0) is 23.5. The average Bonchev–Trinajstić information content (AvgIpc) is 3.11. The molecule has 1 aliphatic heterocycles.